The van der Waals surface area contributed by atoms with Crippen LogP contribution in [-0.4, -0.2) is 6.29 Å². The van der Waals surface area contributed by atoms with Gasteiger partial charge in [0.15, 0.2) is 6.29 Å². The van der Waals surface area contributed by atoms with Gasteiger partial charge in [0, 0.05) is 8.95 Å². The first-order chi connectivity index (χ1) is 8.60. The fraction of sp³-hybridized carbons (Fsp3) is 0. The van der Waals surface area contributed by atoms with Gasteiger partial charge in [0.2, 0.25) is 0 Å². The monoisotopic (exact) mass is 388 g/mol. The molecule has 18 heavy (non-hydrogen) atoms. The summed E-state index contributed by atoms with van der Waals surface area (Å²) in [5.41, 5.74) is 0.467. The molecule has 0 atom stereocenters. The molecule has 0 radical (unpaired) electrons. The third-order valence-corrected chi connectivity index (χ3v) is 3.51. The van der Waals surface area contributed by atoms with Crippen LogP contribution >= 0.6 is 43.5 Å². The van der Waals surface area contributed by atoms with E-state index in [9.17, 15) is 4.79 Å². The molecule has 0 heterocycles. The Morgan fingerprint density at radius 2 is 1.61 bits per heavy atom. The summed E-state index contributed by atoms with van der Waals surface area (Å²) in [6, 6.07) is 10.5. The quantitative estimate of drug-likeness (QED) is 0.650. The average molecular weight is 390 g/mol. The molecule has 0 N–H and O–H groups in total. The number of ether oxygens (including phenoxy) is 1. The Morgan fingerprint density at radius 3 is 2.28 bits per heavy atom. The number of hydrogen-bond donors (Lipinski definition) is 0. The number of rotatable bonds is 3. The number of carbonyl (C=O) groups is 1. The number of halogens is 3. The number of aldehydes is 1. The highest BCUT2D eigenvalue weighted by atomic mass is 79.9. The molecular formula is C13H7Br2ClO2. The van der Waals surface area contributed by atoms with E-state index in [1.54, 1.807) is 30.3 Å². The van der Waals surface area contributed by atoms with Crippen molar-refractivity contribution in [2.24, 2.45) is 0 Å². The maximum atomic E-state index is 10.9. The summed E-state index contributed by atoms with van der Waals surface area (Å²) in [5, 5.41) is 0.482. The smallest absolute Gasteiger partial charge is 0.153 e. The van der Waals surface area contributed by atoms with Crippen molar-refractivity contribution in [1.29, 1.82) is 0 Å². The lowest BCUT2D eigenvalue weighted by atomic mass is 10.2. The zero-order chi connectivity index (χ0) is 13.1. The Hall–Kier alpha value is -0.840. The van der Waals surface area contributed by atoms with Gasteiger partial charge in [-0.25, -0.2) is 0 Å². The van der Waals surface area contributed by atoms with E-state index in [-0.39, 0.29) is 0 Å². The Morgan fingerprint density at radius 1 is 1.00 bits per heavy atom. The van der Waals surface area contributed by atoms with E-state index in [1.807, 2.05) is 6.07 Å². The van der Waals surface area contributed by atoms with Crippen LogP contribution in [0.4, 0.5) is 0 Å². The molecule has 2 aromatic carbocycles. The fourth-order valence-electron chi connectivity index (χ4n) is 1.37. The largest absolute Gasteiger partial charge is 0.455 e. The minimum absolute atomic E-state index is 0.458. The van der Waals surface area contributed by atoms with E-state index in [0.717, 1.165) is 15.2 Å². The lowest BCUT2D eigenvalue weighted by Gasteiger charge is -2.10. The Kier molecular flexibility index (Phi) is 4.43. The van der Waals surface area contributed by atoms with Crippen molar-refractivity contribution >= 4 is 49.7 Å². The fourth-order valence-corrected chi connectivity index (χ4v) is 2.20. The second kappa shape index (κ2) is 5.87. The molecule has 0 aromatic heterocycles. The lowest BCUT2D eigenvalue weighted by molar-refractivity contribution is 0.112. The standard InChI is InChI=1S/C13H7Br2ClO2/c14-9-2-1-8(7-17)12(5-9)18-13-6-10(15)3-4-11(13)16/h1-7H. The maximum Gasteiger partial charge on any atom is 0.153 e. The zero-order valence-corrected chi connectivity index (χ0v) is 12.9. The van der Waals surface area contributed by atoms with Crippen LogP contribution in [0.1, 0.15) is 10.4 Å². The van der Waals surface area contributed by atoms with E-state index in [1.165, 1.54) is 0 Å². The van der Waals surface area contributed by atoms with E-state index >= 15 is 0 Å². The summed E-state index contributed by atoms with van der Waals surface area (Å²) in [4.78, 5) is 10.9. The topological polar surface area (TPSA) is 26.3 Å². The minimum Gasteiger partial charge on any atom is -0.455 e. The number of carbonyl (C=O) groups excluding carboxylic acids is 1. The summed E-state index contributed by atoms with van der Waals surface area (Å²) < 4.78 is 7.35. The van der Waals surface area contributed by atoms with Crippen LogP contribution in [0, 0.1) is 0 Å². The molecule has 0 saturated carbocycles. The van der Waals surface area contributed by atoms with E-state index < -0.39 is 0 Å². The van der Waals surface area contributed by atoms with Gasteiger partial charge in [0.1, 0.15) is 11.5 Å². The van der Waals surface area contributed by atoms with Gasteiger partial charge in [0.05, 0.1) is 10.6 Å². The maximum absolute atomic E-state index is 10.9. The van der Waals surface area contributed by atoms with E-state index in [4.69, 9.17) is 16.3 Å². The van der Waals surface area contributed by atoms with Crippen LogP contribution in [-0.2, 0) is 0 Å². The van der Waals surface area contributed by atoms with Gasteiger partial charge in [-0.1, -0.05) is 43.5 Å². The number of hydrogen-bond acceptors (Lipinski definition) is 2. The molecule has 0 aliphatic carbocycles. The van der Waals surface area contributed by atoms with Gasteiger partial charge in [-0.2, -0.15) is 0 Å². The number of benzene rings is 2. The molecule has 0 fully saturated rings. The molecule has 5 heteroatoms. The van der Waals surface area contributed by atoms with Crippen molar-refractivity contribution in [2.45, 2.75) is 0 Å². The summed E-state index contributed by atoms with van der Waals surface area (Å²) in [5.74, 6) is 0.951. The zero-order valence-electron chi connectivity index (χ0n) is 8.99. The molecule has 0 aliphatic rings. The highest BCUT2D eigenvalue weighted by molar-refractivity contribution is 9.10. The molecule has 0 amide bonds. The summed E-state index contributed by atoms with van der Waals surface area (Å²) in [6.45, 7) is 0. The van der Waals surface area contributed by atoms with Crippen molar-refractivity contribution in [3.8, 4) is 11.5 Å². The molecule has 0 aliphatic heterocycles. The first-order valence-corrected chi connectivity index (χ1v) is 6.94. The summed E-state index contributed by atoms with van der Waals surface area (Å²) in [7, 11) is 0. The van der Waals surface area contributed by atoms with Gasteiger partial charge < -0.3 is 4.74 Å². The first kappa shape index (κ1) is 13.6. The second-order valence-corrected chi connectivity index (χ2v) is 5.72. The van der Waals surface area contributed by atoms with Gasteiger partial charge in [-0.05, 0) is 36.4 Å². The van der Waals surface area contributed by atoms with Crippen molar-refractivity contribution < 1.29 is 9.53 Å². The van der Waals surface area contributed by atoms with Gasteiger partial charge in [-0.3, -0.25) is 4.79 Å². The van der Waals surface area contributed by atoms with Crippen molar-refractivity contribution in [2.75, 3.05) is 0 Å². The molecule has 2 rings (SSSR count). The first-order valence-electron chi connectivity index (χ1n) is 4.98. The molecule has 2 nitrogen and oxygen atoms in total. The SMILES string of the molecule is O=Cc1ccc(Br)cc1Oc1cc(Br)ccc1Cl. The van der Waals surface area contributed by atoms with E-state index in [2.05, 4.69) is 31.9 Å². The van der Waals surface area contributed by atoms with Crippen molar-refractivity contribution in [1.82, 2.24) is 0 Å². The van der Waals surface area contributed by atoms with E-state index in [0.29, 0.717) is 22.1 Å². The molecule has 0 spiro atoms. The van der Waals surface area contributed by atoms with Crippen LogP contribution in [0.15, 0.2) is 45.3 Å². The molecule has 0 saturated heterocycles. The predicted octanol–water partition coefficient (Wildman–Crippen LogP) is 5.47. The van der Waals surface area contributed by atoms with Gasteiger partial charge >= 0.3 is 0 Å². The van der Waals surface area contributed by atoms with Crippen LogP contribution < -0.4 is 4.74 Å². The lowest BCUT2D eigenvalue weighted by Crippen LogP contribution is -1.91. The molecule has 2 aromatic rings. The molecule has 0 unspecified atom stereocenters. The summed E-state index contributed by atoms with van der Waals surface area (Å²) in [6.07, 6.45) is 0.744. The van der Waals surface area contributed by atoms with Crippen LogP contribution in [0.25, 0.3) is 0 Å². The third kappa shape index (κ3) is 3.13. The van der Waals surface area contributed by atoms with Crippen LogP contribution in [0.3, 0.4) is 0 Å². The van der Waals surface area contributed by atoms with Crippen LogP contribution in [0.5, 0.6) is 11.5 Å². The Bertz CT molecular complexity index is 600. The predicted molar refractivity (Wildman–Crippen MR) is 78.8 cm³/mol. The second-order valence-electron chi connectivity index (χ2n) is 3.48. The average Bonchev–Trinajstić information content (AvgIpc) is 2.34. The highest BCUT2D eigenvalue weighted by Gasteiger charge is 2.08. The minimum atomic E-state index is 0.458. The molecule has 92 valence electrons. The normalized spacial score (nSPS) is 10.2. The molecule has 0 bridgehead atoms. The summed E-state index contributed by atoms with van der Waals surface area (Å²) >= 11 is 12.7. The van der Waals surface area contributed by atoms with Crippen molar-refractivity contribution in [3.05, 3.63) is 55.9 Å². The third-order valence-electron chi connectivity index (χ3n) is 2.22. The molecular weight excluding hydrogens is 383 g/mol. The van der Waals surface area contributed by atoms with Crippen molar-refractivity contribution in [3.63, 3.8) is 0 Å². The van der Waals surface area contributed by atoms with Crippen LogP contribution in [0.2, 0.25) is 5.02 Å². The highest BCUT2D eigenvalue weighted by Crippen LogP contribution is 2.34. The van der Waals surface area contributed by atoms with Gasteiger partial charge in [0.25, 0.3) is 0 Å². The van der Waals surface area contributed by atoms with Gasteiger partial charge in [-0.15, -0.1) is 0 Å². The Balaban J connectivity index is 2.41. The Labute approximate surface area is 126 Å².